The number of rotatable bonds is 6. The number of carbonyl (C=O) groups excluding carboxylic acids is 2. The Kier molecular flexibility index (Phi) is 5.39. The van der Waals surface area contributed by atoms with Gasteiger partial charge in [0.25, 0.3) is 0 Å². The summed E-state index contributed by atoms with van der Waals surface area (Å²) >= 11 is 0. The number of carbonyl (C=O) groups is 2. The van der Waals surface area contributed by atoms with E-state index in [1.807, 2.05) is 36.9 Å². The third kappa shape index (κ3) is 3.79. The number of hydrogen-bond acceptors (Lipinski definition) is 4. The fraction of sp³-hybridized carbons (Fsp3) is 0.600. The minimum Gasteiger partial charge on any atom is -0.497 e. The fourth-order valence-electron chi connectivity index (χ4n) is 3.67. The molecule has 1 saturated heterocycles. The van der Waals surface area contributed by atoms with Crippen molar-refractivity contribution < 1.29 is 19.1 Å². The molecule has 3 rings (SSSR count). The first-order chi connectivity index (χ1) is 12.4. The van der Waals surface area contributed by atoms with Gasteiger partial charge in [-0.15, -0.1) is 0 Å². The average Bonchev–Trinajstić information content (AvgIpc) is 3.38. The van der Waals surface area contributed by atoms with E-state index in [0.29, 0.717) is 13.1 Å². The van der Waals surface area contributed by atoms with Gasteiger partial charge >= 0.3 is 0 Å². The lowest BCUT2D eigenvalue weighted by Crippen LogP contribution is -2.39. The van der Waals surface area contributed by atoms with Crippen LogP contribution in [0.25, 0.3) is 0 Å². The monoisotopic (exact) mass is 360 g/mol. The average molecular weight is 360 g/mol. The molecule has 1 aliphatic heterocycles. The van der Waals surface area contributed by atoms with Crippen molar-refractivity contribution in [3.63, 3.8) is 0 Å². The molecule has 2 aliphatic rings. The van der Waals surface area contributed by atoms with E-state index in [-0.39, 0.29) is 35.6 Å². The van der Waals surface area contributed by atoms with Crippen molar-refractivity contribution >= 4 is 11.8 Å². The lowest BCUT2D eigenvalue weighted by atomic mass is 9.87. The molecule has 142 valence electrons. The molecule has 6 heteroatoms. The molecule has 2 unspecified atom stereocenters. The summed E-state index contributed by atoms with van der Waals surface area (Å²) in [6.07, 6.45) is 1.93. The molecule has 0 bridgehead atoms. The van der Waals surface area contributed by atoms with E-state index in [2.05, 4.69) is 5.32 Å². The highest BCUT2D eigenvalue weighted by Crippen LogP contribution is 2.41. The molecular formula is C20H28N2O4. The second-order valence-electron chi connectivity index (χ2n) is 7.50. The van der Waals surface area contributed by atoms with Crippen LogP contribution in [0.4, 0.5) is 0 Å². The number of nitrogens with one attached hydrogen (secondary N) is 1. The summed E-state index contributed by atoms with van der Waals surface area (Å²) < 4.78 is 10.9. The van der Waals surface area contributed by atoms with Gasteiger partial charge in [-0.2, -0.15) is 0 Å². The molecule has 0 radical (unpaired) electrons. The minimum absolute atomic E-state index is 0.0130. The van der Waals surface area contributed by atoms with Crippen molar-refractivity contribution in [3.05, 3.63) is 23.8 Å². The summed E-state index contributed by atoms with van der Waals surface area (Å²) in [5.41, 5.74) is 0.918. The highest BCUT2D eigenvalue weighted by atomic mass is 16.5. The Balaban J connectivity index is 1.92. The highest BCUT2D eigenvalue weighted by Gasteiger charge is 2.44. The maximum absolute atomic E-state index is 12.8. The topological polar surface area (TPSA) is 67.9 Å². The van der Waals surface area contributed by atoms with Crippen molar-refractivity contribution in [2.24, 2.45) is 11.8 Å². The third-order valence-electron chi connectivity index (χ3n) is 5.16. The van der Waals surface area contributed by atoms with E-state index in [1.165, 1.54) is 0 Å². The van der Waals surface area contributed by atoms with Gasteiger partial charge in [0.2, 0.25) is 11.8 Å². The van der Waals surface area contributed by atoms with Crippen molar-refractivity contribution in [2.75, 3.05) is 27.3 Å². The van der Waals surface area contributed by atoms with Crippen LogP contribution in [-0.2, 0) is 9.59 Å². The van der Waals surface area contributed by atoms with Crippen LogP contribution in [-0.4, -0.2) is 50.1 Å². The van der Waals surface area contributed by atoms with Gasteiger partial charge in [0.1, 0.15) is 11.5 Å². The van der Waals surface area contributed by atoms with Crippen LogP contribution in [0.2, 0.25) is 0 Å². The molecule has 2 fully saturated rings. The molecule has 0 aromatic heterocycles. The van der Waals surface area contributed by atoms with Crippen LogP contribution in [0.3, 0.4) is 0 Å². The summed E-state index contributed by atoms with van der Waals surface area (Å²) in [5, 5.41) is 3.01. The predicted octanol–water partition coefficient (Wildman–Crippen LogP) is 2.18. The number of likely N-dealkylation sites (tertiary alicyclic amines) is 1. The first-order valence-corrected chi connectivity index (χ1v) is 9.25. The van der Waals surface area contributed by atoms with Crippen molar-refractivity contribution in [1.82, 2.24) is 10.2 Å². The van der Waals surface area contributed by atoms with Gasteiger partial charge in [0.15, 0.2) is 0 Å². The molecule has 0 spiro atoms. The summed E-state index contributed by atoms with van der Waals surface area (Å²) in [6.45, 7) is 4.89. The Morgan fingerprint density at radius 2 is 1.88 bits per heavy atom. The lowest BCUT2D eigenvalue weighted by molar-refractivity contribution is -0.132. The number of hydrogen-bond donors (Lipinski definition) is 1. The zero-order valence-electron chi connectivity index (χ0n) is 16.0. The molecule has 1 aromatic carbocycles. The van der Waals surface area contributed by atoms with Gasteiger partial charge in [-0.1, -0.05) is 0 Å². The van der Waals surface area contributed by atoms with Crippen molar-refractivity contribution in [3.8, 4) is 11.5 Å². The largest absolute Gasteiger partial charge is 0.497 e. The van der Waals surface area contributed by atoms with Crippen LogP contribution in [0.1, 0.15) is 38.2 Å². The summed E-state index contributed by atoms with van der Waals surface area (Å²) in [7, 11) is 3.24. The van der Waals surface area contributed by atoms with Gasteiger partial charge in [0, 0.05) is 36.5 Å². The van der Waals surface area contributed by atoms with Gasteiger partial charge in [-0.25, -0.2) is 0 Å². The van der Waals surface area contributed by atoms with Crippen molar-refractivity contribution in [1.29, 1.82) is 0 Å². The molecule has 1 heterocycles. The van der Waals surface area contributed by atoms with Crippen LogP contribution in [0, 0.1) is 11.8 Å². The second-order valence-corrected chi connectivity index (χ2v) is 7.50. The fourth-order valence-corrected chi connectivity index (χ4v) is 3.67. The van der Waals surface area contributed by atoms with E-state index < -0.39 is 0 Å². The van der Waals surface area contributed by atoms with Crippen LogP contribution in [0.5, 0.6) is 11.5 Å². The number of benzene rings is 1. The normalized spacial score (nSPS) is 22.4. The number of ether oxygens (including phenoxy) is 2. The van der Waals surface area contributed by atoms with Crippen LogP contribution in [0.15, 0.2) is 18.2 Å². The minimum atomic E-state index is -0.291. The molecule has 26 heavy (non-hydrogen) atoms. The summed E-state index contributed by atoms with van der Waals surface area (Å²) in [4.78, 5) is 27.3. The molecular weight excluding hydrogens is 332 g/mol. The SMILES string of the molecule is COc1ccc(OC)c(C2CN(C(=O)C3CC3)CC2C(=O)NC(C)C)c1. The van der Waals surface area contributed by atoms with E-state index in [0.717, 1.165) is 29.9 Å². The third-order valence-corrected chi connectivity index (χ3v) is 5.16. The van der Waals surface area contributed by atoms with Crippen molar-refractivity contribution in [2.45, 2.75) is 38.6 Å². The van der Waals surface area contributed by atoms with Gasteiger partial charge < -0.3 is 19.7 Å². The molecule has 2 atom stereocenters. The van der Waals surface area contributed by atoms with E-state index >= 15 is 0 Å². The summed E-state index contributed by atoms with van der Waals surface area (Å²) in [5.74, 6) is 1.35. The predicted molar refractivity (Wildman–Crippen MR) is 98.4 cm³/mol. The molecule has 1 aliphatic carbocycles. The maximum atomic E-state index is 12.8. The van der Waals surface area contributed by atoms with Crippen LogP contribution >= 0.6 is 0 Å². The Labute approximate surface area is 154 Å². The first-order valence-electron chi connectivity index (χ1n) is 9.25. The summed E-state index contributed by atoms with van der Waals surface area (Å²) in [6, 6.07) is 5.68. The number of nitrogens with zero attached hydrogens (tertiary/aromatic N) is 1. The maximum Gasteiger partial charge on any atom is 0.225 e. The van der Waals surface area contributed by atoms with Gasteiger partial charge in [0.05, 0.1) is 20.1 Å². The second kappa shape index (κ2) is 7.56. The zero-order valence-corrected chi connectivity index (χ0v) is 16.0. The molecule has 6 nitrogen and oxygen atoms in total. The Morgan fingerprint density at radius 1 is 1.15 bits per heavy atom. The van der Waals surface area contributed by atoms with E-state index in [1.54, 1.807) is 14.2 Å². The standard InChI is InChI=1S/C20H28N2O4/c1-12(2)21-19(23)17-11-22(20(24)13-5-6-13)10-16(17)15-9-14(25-3)7-8-18(15)26-4/h7-9,12-13,16-17H,5-6,10-11H2,1-4H3,(H,21,23). The molecule has 1 saturated carbocycles. The van der Waals surface area contributed by atoms with Gasteiger partial charge in [-0.05, 0) is 44.9 Å². The highest BCUT2D eigenvalue weighted by molar-refractivity contribution is 5.85. The van der Waals surface area contributed by atoms with E-state index in [9.17, 15) is 9.59 Å². The molecule has 1 N–H and O–H groups in total. The molecule has 1 aromatic rings. The quantitative estimate of drug-likeness (QED) is 0.844. The Morgan fingerprint density at radius 3 is 2.46 bits per heavy atom. The number of methoxy groups -OCH3 is 2. The number of amides is 2. The zero-order chi connectivity index (χ0) is 18.8. The Hall–Kier alpha value is -2.24. The lowest BCUT2D eigenvalue weighted by Gasteiger charge is -2.22. The smallest absolute Gasteiger partial charge is 0.225 e. The Bertz CT molecular complexity index is 684. The van der Waals surface area contributed by atoms with E-state index in [4.69, 9.17) is 9.47 Å². The first kappa shape index (κ1) is 18.5. The van der Waals surface area contributed by atoms with Crippen LogP contribution < -0.4 is 14.8 Å². The molecule has 2 amide bonds. The van der Waals surface area contributed by atoms with Gasteiger partial charge in [-0.3, -0.25) is 9.59 Å².